The molecular formula is C7H7F10O4P. The number of rotatable bonds is 6. The van der Waals surface area contributed by atoms with Crippen molar-refractivity contribution >= 4 is 7.82 Å². The van der Waals surface area contributed by atoms with Crippen LogP contribution in [-0.4, -0.2) is 40.1 Å². The summed E-state index contributed by atoms with van der Waals surface area (Å²) in [6.45, 7) is 0. The number of hydrogen-bond donors (Lipinski definition) is 2. The third-order valence-corrected chi connectivity index (χ3v) is 2.66. The summed E-state index contributed by atoms with van der Waals surface area (Å²) in [6.07, 6.45) is -21.7. The quantitative estimate of drug-likeness (QED) is 0.549. The predicted molar refractivity (Wildman–Crippen MR) is 48.2 cm³/mol. The molecule has 0 aromatic rings. The minimum Gasteiger partial charge on any atom is -0.303 e. The van der Waals surface area contributed by atoms with Gasteiger partial charge < -0.3 is 9.79 Å². The van der Waals surface area contributed by atoms with Crippen LogP contribution in [0.15, 0.2) is 0 Å². The summed E-state index contributed by atoms with van der Waals surface area (Å²) in [6, 6.07) is 0. The van der Waals surface area contributed by atoms with E-state index < -0.39 is 51.0 Å². The Morgan fingerprint density at radius 1 is 0.773 bits per heavy atom. The maximum absolute atomic E-state index is 12.6. The fourth-order valence-electron chi connectivity index (χ4n) is 1.14. The smallest absolute Gasteiger partial charge is 0.303 e. The Labute approximate surface area is 115 Å². The molecule has 0 rings (SSSR count). The van der Waals surface area contributed by atoms with Gasteiger partial charge in [0.05, 0.1) is 6.10 Å². The lowest BCUT2D eigenvalue weighted by atomic mass is 10.0. The van der Waals surface area contributed by atoms with Crippen LogP contribution in [0.25, 0.3) is 0 Å². The van der Waals surface area contributed by atoms with Crippen molar-refractivity contribution in [3.05, 3.63) is 0 Å². The molecule has 4 nitrogen and oxygen atoms in total. The van der Waals surface area contributed by atoms with E-state index in [0.717, 1.165) is 0 Å². The first kappa shape index (κ1) is 21.4. The molecule has 0 aliphatic rings. The van der Waals surface area contributed by atoms with Crippen LogP contribution in [0.5, 0.6) is 0 Å². The van der Waals surface area contributed by atoms with Gasteiger partial charge in [0, 0.05) is 12.8 Å². The maximum atomic E-state index is 12.6. The zero-order valence-electron chi connectivity index (χ0n) is 9.93. The van der Waals surface area contributed by atoms with Crippen molar-refractivity contribution in [2.24, 2.45) is 0 Å². The first-order valence-electron chi connectivity index (χ1n) is 4.91. The first-order chi connectivity index (χ1) is 9.29. The van der Waals surface area contributed by atoms with Crippen molar-refractivity contribution in [3.8, 4) is 0 Å². The van der Waals surface area contributed by atoms with Gasteiger partial charge in [-0.1, -0.05) is 0 Å². The number of hydrogen-bond acceptors (Lipinski definition) is 2. The fourth-order valence-corrected chi connectivity index (χ4v) is 1.68. The van der Waals surface area contributed by atoms with Gasteiger partial charge in [0.1, 0.15) is 0 Å². The van der Waals surface area contributed by atoms with Crippen LogP contribution >= 0.6 is 7.82 Å². The first-order valence-corrected chi connectivity index (χ1v) is 6.44. The largest absolute Gasteiger partial charge is 0.469 e. The van der Waals surface area contributed by atoms with E-state index in [2.05, 4.69) is 4.52 Å². The summed E-state index contributed by atoms with van der Waals surface area (Å²) in [4.78, 5) is 16.4. The molecule has 0 aromatic carbocycles. The third-order valence-electron chi connectivity index (χ3n) is 2.08. The molecule has 15 heteroatoms. The van der Waals surface area contributed by atoms with E-state index in [1.807, 2.05) is 0 Å². The Kier molecular flexibility index (Phi) is 5.97. The molecule has 0 amide bonds. The summed E-state index contributed by atoms with van der Waals surface area (Å²) in [5.41, 5.74) is 0. The highest BCUT2D eigenvalue weighted by atomic mass is 31.2. The van der Waals surface area contributed by atoms with Gasteiger partial charge in [-0.2, -0.15) is 43.9 Å². The van der Waals surface area contributed by atoms with Crippen LogP contribution < -0.4 is 0 Å². The Bertz CT molecular complexity index is 396. The van der Waals surface area contributed by atoms with Crippen LogP contribution in [0, 0.1) is 0 Å². The van der Waals surface area contributed by atoms with E-state index in [1.54, 1.807) is 0 Å². The summed E-state index contributed by atoms with van der Waals surface area (Å²) >= 11 is 0. The van der Waals surface area contributed by atoms with Gasteiger partial charge >= 0.3 is 32.0 Å². The minimum absolute atomic E-state index is 2.83. The fraction of sp³-hybridized carbons (Fsp3) is 1.00. The van der Waals surface area contributed by atoms with Crippen molar-refractivity contribution in [2.75, 3.05) is 0 Å². The Morgan fingerprint density at radius 3 is 1.23 bits per heavy atom. The minimum atomic E-state index is -6.34. The van der Waals surface area contributed by atoms with Crippen LogP contribution in [0.1, 0.15) is 12.8 Å². The molecule has 0 radical (unpaired) electrons. The van der Waals surface area contributed by atoms with E-state index in [4.69, 9.17) is 9.79 Å². The van der Waals surface area contributed by atoms with Crippen molar-refractivity contribution in [1.82, 2.24) is 0 Å². The lowest BCUT2D eigenvalue weighted by molar-refractivity contribution is -0.304. The Hall–Kier alpha value is -0.590. The second-order valence-electron chi connectivity index (χ2n) is 4.03. The maximum Gasteiger partial charge on any atom is 0.469 e. The normalized spacial score (nSPS) is 15.5. The molecular weight excluding hydrogens is 369 g/mol. The molecule has 22 heavy (non-hydrogen) atoms. The van der Waals surface area contributed by atoms with Gasteiger partial charge in [0.25, 0.3) is 0 Å². The summed E-state index contributed by atoms with van der Waals surface area (Å²) in [7, 11) is -5.90. The van der Waals surface area contributed by atoms with Crippen LogP contribution in [0.2, 0.25) is 0 Å². The van der Waals surface area contributed by atoms with Crippen LogP contribution in [0.3, 0.4) is 0 Å². The second kappa shape index (κ2) is 6.13. The topological polar surface area (TPSA) is 66.8 Å². The highest BCUT2D eigenvalue weighted by Gasteiger charge is 2.62. The molecule has 2 N–H and O–H groups in total. The average molecular weight is 376 g/mol. The van der Waals surface area contributed by atoms with Crippen molar-refractivity contribution in [2.45, 2.75) is 43.1 Å². The average Bonchev–Trinajstić information content (AvgIpc) is 2.07. The third kappa shape index (κ3) is 6.26. The summed E-state index contributed by atoms with van der Waals surface area (Å²) < 4.78 is 135. The van der Waals surface area contributed by atoms with Gasteiger partial charge in [-0.05, 0) is 0 Å². The zero-order valence-corrected chi connectivity index (χ0v) is 10.8. The van der Waals surface area contributed by atoms with E-state index in [1.165, 1.54) is 0 Å². The number of phosphoric ester groups is 1. The molecule has 0 saturated carbocycles. The molecule has 0 fully saturated rings. The van der Waals surface area contributed by atoms with Gasteiger partial charge in [0.15, 0.2) is 0 Å². The molecule has 0 unspecified atom stereocenters. The predicted octanol–water partition coefficient (Wildman–Crippen LogP) is 3.64. The lowest BCUT2D eigenvalue weighted by Gasteiger charge is -2.28. The van der Waals surface area contributed by atoms with E-state index >= 15 is 0 Å². The molecule has 0 aromatic heterocycles. The molecule has 0 spiro atoms. The molecule has 134 valence electrons. The highest BCUT2D eigenvalue weighted by Crippen LogP contribution is 2.48. The molecule has 0 aliphatic carbocycles. The monoisotopic (exact) mass is 376 g/mol. The number of halogens is 10. The number of phosphoric acid groups is 1. The van der Waals surface area contributed by atoms with E-state index in [-0.39, 0.29) is 0 Å². The lowest BCUT2D eigenvalue weighted by Crippen LogP contribution is -2.44. The molecule has 0 bridgehead atoms. The Morgan fingerprint density at radius 2 is 1.05 bits per heavy atom. The van der Waals surface area contributed by atoms with Gasteiger partial charge in [-0.15, -0.1) is 0 Å². The number of alkyl halides is 10. The van der Waals surface area contributed by atoms with Crippen LogP contribution in [-0.2, 0) is 9.09 Å². The SMILES string of the molecule is O=P(O)(O)OC(CC(F)(F)C(F)(F)F)CC(F)(F)C(F)(F)F. The van der Waals surface area contributed by atoms with Crippen molar-refractivity contribution in [3.63, 3.8) is 0 Å². The van der Waals surface area contributed by atoms with Crippen molar-refractivity contribution in [1.29, 1.82) is 0 Å². The second-order valence-corrected chi connectivity index (χ2v) is 5.22. The highest BCUT2D eigenvalue weighted by molar-refractivity contribution is 7.46. The van der Waals surface area contributed by atoms with Crippen LogP contribution in [0.4, 0.5) is 43.9 Å². The van der Waals surface area contributed by atoms with E-state index in [9.17, 15) is 48.5 Å². The standard InChI is InChI=1S/C7H7F10O4P/c8-4(9,6(12,13)14)1-3(21-22(18,19)20)2-5(10,11)7(15,16)17/h3H,1-2H2,(H2,18,19,20). The van der Waals surface area contributed by atoms with Gasteiger partial charge in [0.2, 0.25) is 0 Å². The zero-order chi connectivity index (χ0) is 18.2. The van der Waals surface area contributed by atoms with Crippen molar-refractivity contribution < 1.29 is 62.8 Å². The summed E-state index contributed by atoms with van der Waals surface area (Å²) in [5, 5.41) is 0. The van der Waals surface area contributed by atoms with E-state index in [0.29, 0.717) is 0 Å². The molecule has 0 aliphatic heterocycles. The molecule has 0 heterocycles. The van der Waals surface area contributed by atoms with Gasteiger partial charge in [-0.25, -0.2) is 4.57 Å². The summed E-state index contributed by atoms with van der Waals surface area (Å²) in [5.74, 6) is -11.6. The molecule has 0 atom stereocenters. The molecule has 0 saturated heterocycles. The van der Waals surface area contributed by atoms with Gasteiger partial charge in [-0.3, -0.25) is 4.52 Å². The Balaban J connectivity index is 5.38.